The summed E-state index contributed by atoms with van der Waals surface area (Å²) in [5.74, 6) is 3.09. The molecule has 2 bridgehead atoms. The molecule has 0 aliphatic heterocycles. The van der Waals surface area contributed by atoms with Gasteiger partial charge in [0.15, 0.2) is 0 Å². The van der Waals surface area contributed by atoms with Crippen molar-refractivity contribution in [2.45, 2.75) is 44.9 Å². The Morgan fingerprint density at radius 3 is 2.11 bits per heavy atom. The van der Waals surface area contributed by atoms with E-state index in [9.17, 15) is 0 Å². The molecule has 0 amide bonds. The number of aryl methyl sites for hydroxylation is 1. The summed E-state index contributed by atoms with van der Waals surface area (Å²) in [6.45, 7) is 2.15. The number of hydrogen-bond donors (Lipinski definition) is 2. The highest BCUT2D eigenvalue weighted by atomic mass is 14.7. The molecule has 0 radical (unpaired) electrons. The largest absolute Gasteiger partial charge is 0.387 e. The summed E-state index contributed by atoms with van der Waals surface area (Å²) in [6, 6.07) is 9.09. The molecular weight excluding hydrogens is 232 g/mol. The van der Waals surface area contributed by atoms with Crippen LogP contribution < -0.4 is 5.73 Å². The van der Waals surface area contributed by atoms with Gasteiger partial charge in [-0.3, -0.25) is 5.41 Å². The molecule has 2 nitrogen and oxygen atoms in total. The molecule has 1 aromatic carbocycles. The first-order valence-corrected chi connectivity index (χ1v) is 7.52. The van der Waals surface area contributed by atoms with Gasteiger partial charge in [-0.1, -0.05) is 29.8 Å². The first-order valence-electron chi connectivity index (χ1n) is 7.52. The second-order valence-electron chi connectivity index (χ2n) is 6.67. The van der Waals surface area contributed by atoms with Gasteiger partial charge in [-0.05, 0) is 62.3 Å². The zero-order chi connectivity index (χ0) is 13.4. The minimum absolute atomic E-state index is 0.364. The fraction of sp³-hybridized carbons (Fsp3) is 0.588. The van der Waals surface area contributed by atoms with Crippen molar-refractivity contribution in [3.63, 3.8) is 0 Å². The Balaban J connectivity index is 1.72. The number of hydrogen-bond acceptors (Lipinski definition) is 1. The Kier molecular flexibility index (Phi) is 3.34. The number of nitrogens with one attached hydrogen (secondary N) is 1. The maximum Gasteiger partial charge on any atom is 0.0937 e. The van der Waals surface area contributed by atoms with Crippen molar-refractivity contribution >= 4 is 5.84 Å². The number of amidine groups is 1. The molecule has 2 heteroatoms. The van der Waals surface area contributed by atoms with Crippen LogP contribution in [0.4, 0.5) is 0 Å². The molecule has 2 aliphatic rings. The lowest BCUT2D eigenvalue weighted by Crippen LogP contribution is -2.36. The first kappa shape index (κ1) is 12.7. The molecule has 2 unspecified atom stereocenters. The molecule has 0 heterocycles. The molecule has 0 aromatic heterocycles. The maximum atomic E-state index is 7.68. The van der Waals surface area contributed by atoms with E-state index in [1.54, 1.807) is 0 Å². The monoisotopic (exact) mass is 256 g/mol. The van der Waals surface area contributed by atoms with Gasteiger partial charge in [0.1, 0.15) is 0 Å². The quantitative estimate of drug-likeness (QED) is 0.613. The first-order chi connectivity index (χ1) is 9.11. The van der Waals surface area contributed by atoms with Crippen molar-refractivity contribution in [3.05, 3.63) is 35.4 Å². The molecule has 2 saturated carbocycles. The van der Waals surface area contributed by atoms with E-state index in [0.29, 0.717) is 11.8 Å². The highest BCUT2D eigenvalue weighted by Gasteiger charge is 2.37. The summed E-state index contributed by atoms with van der Waals surface area (Å²) in [7, 11) is 0. The van der Waals surface area contributed by atoms with Gasteiger partial charge < -0.3 is 5.73 Å². The summed E-state index contributed by atoms with van der Waals surface area (Å²) in [5, 5.41) is 7.68. The van der Waals surface area contributed by atoms with E-state index in [0.717, 1.165) is 30.6 Å². The van der Waals surface area contributed by atoms with Crippen molar-refractivity contribution in [2.75, 3.05) is 0 Å². The van der Waals surface area contributed by atoms with Crippen LogP contribution in [0.3, 0.4) is 0 Å². The zero-order valence-corrected chi connectivity index (χ0v) is 11.7. The summed E-state index contributed by atoms with van der Waals surface area (Å²) >= 11 is 0. The van der Waals surface area contributed by atoms with Crippen LogP contribution in [0.2, 0.25) is 0 Å². The lowest BCUT2D eigenvalue weighted by Gasteiger charge is -2.42. The molecular formula is C17H24N2. The summed E-state index contributed by atoms with van der Waals surface area (Å²) in [6.07, 6.45) is 6.25. The molecule has 102 valence electrons. The highest BCUT2D eigenvalue weighted by molar-refractivity contribution is 5.79. The molecule has 19 heavy (non-hydrogen) atoms. The number of rotatable bonds is 2. The minimum Gasteiger partial charge on any atom is -0.387 e. The third kappa shape index (κ3) is 2.68. The molecule has 1 aromatic rings. The Morgan fingerprint density at radius 2 is 1.58 bits per heavy atom. The van der Waals surface area contributed by atoms with Crippen LogP contribution in [0, 0.1) is 30.1 Å². The maximum absolute atomic E-state index is 7.68. The zero-order valence-electron chi connectivity index (χ0n) is 11.7. The molecule has 2 atom stereocenters. The molecule has 2 aliphatic carbocycles. The molecule has 0 saturated heterocycles. The van der Waals surface area contributed by atoms with Crippen LogP contribution in [0.1, 0.15) is 49.1 Å². The van der Waals surface area contributed by atoms with E-state index < -0.39 is 0 Å². The predicted molar refractivity (Wildman–Crippen MR) is 79.4 cm³/mol. The van der Waals surface area contributed by atoms with Gasteiger partial charge in [0.05, 0.1) is 5.84 Å². The predicted octanol–water partition coefficient (Wildman–Crippen LogP) is 3.84. The summed E-state index contributed by atoms with van der Waals surface area (Å²) in [4.78, 5) is 0. The fourth-order valence-electron chi connectivity index (χ4n) is 4.22. The number of fused-ring (bicyclic) bond motifs is 2. The van der Waals surface area contributed by atoms with Gasteiger partial charge in [0.25, 0.3) is 0 Å². The topological polar surface area (TPSA) is 49.9 Å². The molecule has 2 fully saturated rings. The third-order valence-corrected chi connectivity index (χ3v) is 5.13. The van der Waals surface area contributed by atoms with Crippen LogP contribution in [0.5, 0.6) is 0 Å². The van der Waals surface area contributed by atoms with Crippen LogP contribution >= 0.6 is 0 Å². The second-order valence-corrected chi connectivity index (χ2v) is 6.67. The van der Waals surface area contributed by atoms with Gasteiger partial charge in [-0.2, -0.15) is 0 Å². The van der Waals surface area contributed by atoms with Crippen molar-refractivity contribution in [1.29, 1.82) is 5.41 Å². The van der Waals surface area contributed by atoms with E-state index in [-0.39, 0.29) is 0 Å². The average molecular weight is 256 g/mol. The Bertz CT molecular complexity index is 449. The smallest absolute Gasteiger partial charge is 0.0937 e. The number of nitrogens with two attached hydrogens (primary N) is 1. The van der Waals surface area contributed by atoms with Crippen LogP contribution in [0.15, 0.2) is 24.3 Å². The summed E-state index contributed by atoms with van der Waals surface area (Å²) < 4.78 is 0. The lowest BCUT2D eigenvalue weighted by molar-refractivity contribution is 0.147. The van der Waals surface area contributed by atoms with Crippen molar-refractivity contribution in [2.24, 2.45) is 23.5 Å². The lowest BCUT2D eigenvalue weighted by atomic mass is 9.63. The minimum atomic E-state index is 0.364. The second kappa shape index (κ2) is 4.99. The van der Waals surface area contributed by atoms with Gasteiger partial charge in [-0.15, -0.1) is 0 Å². The molecule has 0 spiro atoms. The van der Waals surface area contributed by atoms with E-state index in [2.05, 4.69) is 31.2 Å². The van der Waals surface area contributed by atoms with Crippen LogP contribution in [-0.2, 0) is 0 Å². The molecule has 3 rings (SSSR count). The Labute approximate surface area is 115 Å². The normalized spacial score (nSPS) is 33.9. The average Bonchev–Trinajstić information content (AvgIpc) is 2.38. The van der Waals surface area contributed by atoms with E-state index in [4.69, 9.17) is 11.1 Å². The third-order valence-electron chi connectivity index (χ3n) is 5.13. The van der Waals surface area contributed by atoms with Crippen molar-refractivity contribution in [3.8, 4) is 0 Å². The van der Waals surface area contributed by atoms with Crippen molar-refractivity contribution < 1.29 is 0 Å². The Hall–Kier alpha value is -1.31. The van der Waals surface area contributed by atoms with Gasteiger partial charge in [0, 0.05) is 5.92 Å². The van der Waals surface area contributed by atoms with E-state index in [1.165, 1.54) is 30.4 Å². The van der Waals surface area contributed by atoms with E-state index in [1.807, 2.05) is 0 Å². The van der Waals surface area contributed by atoms with Gasteiger partial charge in [0.2, 0.25) is 0 Å². The Morgan fingerprint density at radius 1 is 1.00 bits per heavy atom. The SMILES string of the molecule is Cc1ccc(C2CC3CC(CC(C(=N)N)C3)C2)cc1. The summed E-state index contributed by atoms with van der Waals surface area (Å²) in [5.41, 5.74) is 8.58. The molecule has 3 N–H and O–H groups in total. The van der Waals surface area contributed by atoms with Gasteiger partial charge >= 0.3 is 0 Å². The highest BCUT2D eigenvalue weighted by Crippen LogP contribution is 2.48. The van der Waals surface area contributed by atoms with E-state index >= 15 is 0 Å². The fourth-order valence-corrected chi connectivity index (χ4v) is 4.22. The van der Waals surface area contributed by atoms with Crippen LogP contribution in [0.25, 0.3) is 0 Å². The number of benzene rings is 1. The van der Waals surface area contributed by atoms with Crippen molar-refractivity contribution in [1.82, 2.24) is 0 Å². The standard InChI is InChI=1S/C17H24N2/c1-11-2-4-14(5-3-11)15-7-12-6-13(8-15)10-16(9-12)17(18)19/h2-5,12-13,15-16H,6-10H2,1H3,(H3,18,19). The van der Waals surface area contributed by atoms with Crippen LogP contribution in [-0.4, -0.2) is 5.84 Å². The van der Waals surface area contributed by atoms with Gasteiger partial charge in [-0.25, -0.2) is 0 Å².